The van der Waals surface area contributed by atoms with E-state index >= 15 is 0 Å². The Morgan fingerprint density at radius 1 is 1.29 bits per heavy atom. The quantitative estimate of drug-likeness (QED) is 0.898. The van der Waals surface area contributed by atoms with E-state index in [2.05, 4.69) is 48.7 Å². The van der Waals surface area contributed by atoms with Gasteiger partial charge < -0.3 is 10.6 Å². The molecule has 4 heteroatoms. The van der Waals surface area contributed by atoms with Gasteiger partial charge in [-0.15, -0.1) is 12.4 Å². The van der Waals surface area contributed by atoms with Gasteiger partial charge in [-0.05, 0) is 42.3 Å². The summed E-state index contributed by atoms with van der Waals surface area (Å²) in [6, 6.07) is 9.14. The van der Waals surface area contributed by atoms with Gasteiger partial charge in [0.15, 0.2) is 0 Å². The van der Waals surface area contributed by atoms with E-state index < -0.39 is 0 Å². The van der Waals surface area contributed by atoms with Crippen molar-refractivity contribution in [2.24, 2.45) is 5.92 Å². The Kier molecular flexibility index (Phi) is 5.28. The van der Waals surface area contributed by atoms with E-state index in [0.717, 1.165) is 25.9 Å². The molecular weight excluding hydrogens is 284 g/mol. The van der Waals surface area contributed by atoms with E-state index in [1.54, 1.807) is 0 Å². The average molecular weight is 309 g/mol. The predicted molar refractivity (Wildman–Crippen MR) is 88.0 cm³/mol. The van der Waals surface area contributed by atoms with Crippen LogP contribution in [0.2, 0.25) is 0 Å². The summed E-state index contributed by atoms with van der Waals surface area (Å²) in [7, 11) is 0. The highest BCUT2D eigenvalue weighted by atomic mass is 35.5. The number of halogens is 1. The smallest absolute Gasteiger partial charge is 0.224 e. The van der Waals surface area contributed by atoms with E-state index in [1.165, 1.54) is 11.1 Å². The number of carbonyl (C=O) groups is 1. The van der Waals surface area contributed by atoms with Gasteiger partial charge in [-0.25, -0.2) is 0 Å². The van der Waals surface area contributed by atoms with Crippen LogP contribution < -0.4 is 10.6 Å². The summed E-state index contributed by atoms with van der Waals surface area (Å²) in [4.78, 5) is 12.2. The minimum atomic E-state index is 0. The molecule has 1 aliphatic carbocycles. The molecule has 0 spiro atoms. The average Bonchev–Trinajstić information content (AvgIpc) is 3.10. The molecule has 3 unspecified atom stereocenters. The van der Waals surface area contributed by atoms with Gasteiger partial charge in [-0.2, -0.15) is 0 Å². The van der Waals surface area contributed by atoms with E-state index in [-0.39, 0.29) is 24.2 Å². The van der Waals surface area contributed by atoms with E-state index in [0.29, 0.717) is 17.9 Å². The van der Waals surface area contributed by atoms with Crippen molar-refractivity contribution in [1.29, 1.82) is 0 Å². The van der Waals surface area contributed by atoms with Crippen molar-refractivity contribution in [3.63, 3.8) is 0 Å². The Bertz CT molecular complexity index is 480. The number of amides is 1. The van der Waals surface area contributed by atoms with Gasteiger partial charge in [0.25, 0.3) is 0 Å². The third kappa shape index (κ3) is 3.78. The monoisotopic (exact) mass is 308 g/mol. The molecule has 1 aliphatic heterocycles. The highest BCUT2D eigenvalue weighted by Crippen LogP contribution is 2.47. The van der Waals surface area contributed by atoms with E-state index in [9.17, 15) is 4.79 Å². The summed E-state index contributed by atoms with van der Waals surface area (Å²) < 4.78 is 0. The second-order valence-electron chi connectivity index (χ2n) is 6.47. The van der Waals surface area contributed by atoms with Crippen LogP contribution in [0.1, 0.15) is 49.7 Å². The fourth-order valence-electron chi connectivity index (χ4n) is 3.07. The number of nitrogens with one attached hydrogen (secondary N) is 2. The molecule has 2 aliphatic rings. The Balaban J connectivity index is 0.00000161. The molecule has 2 fully saturated rings. The van der Waals surface area contributed by atoms with Crippen LogP contribution in [-0.2, 0) is 4.79 Å². The number of hydrogen-bond donors (Lipinski definition) is 2. The van der Waals surface area contributed by atoms with Crippen molar-refractivity contribution >= 4 is 18.3 Å². The zero-order valence-corrected chi connectivity index (χ0v) is 13.6. The standard InChI is InChI=1S/C17H24N2O.ClH/c1-11(2)12-3-5-13(6-4-12)15-9-16(15)17(20)19-14-7-8-18-10-14;/h3-6,11,14-16,18H,7-10H2,1-2H3,(H,19,20);1H. The number of carbonyl (C=O) groups excluding carboxylic acids is 1. The molecule has 1 amide bonds. The largest absolute Gasteiger partial charge is 0.352 e. The molecule has 3 rings (SSSR count). The van der Waals surface area contributed by atoms with Gasteiger partial charge in [0.05, 0.1) is 0 Å². The lowest BCUT2D eigenvalue weighted by Crippen LogP contribution is -2.37. The Hall–Kier alpha value is -1.06. The molecule has 21 heavy (non-hydrogen) atoms. The zero-order valence-electron chi connectivity index (χ0n) is 12.8. The molecule has 1 heterocycles. The van der Waals surface area contributed by atoms with Crippen LogP contribution in [0.3, 0.4) is 0 Å². The molecule has 3 atom stereocenters. The Labute approximate surface area is 133 Å². The minimum absolute atomic E-state index is 0. The molecule has 0 bridgehead atoms. The van der Waals surface area contributed by atoms with Gasteiger partial charge >= 0.3 is 0 Å². The van der Waals surface area contributed by atoms with Gasteiger partial charge in [-0.3, -0.25) is 4.79 Å². The first-order chi connectivity index (χ1) is 9.65. The summed E-state index contributed by atoms with van der Waals surface area (Å²) in [6.07, 6.45) is 2.07. The summed E-state index contributed by atoms with van der Waals surface area (Å²) in [5.41, 5.74) is 2.69. The summed E-state index contributed by atoms with van der Waals surface area (Å²) in [5.74, 6) is 1.44. The first kappa shape index (κ1) is 16.3. The molecular formula is C17H25ClN2O. The molecule has 3 nitrogen and oxygen atoms in total. The van der Waals surface area contributed by atoms with Gasteiger partial charge in [0.1, 0.15) is 0 Å². The van der Waals surface area contributed by atoms with Crippen LogP contribution in [-0.4, -0.2) is 25.0 Å². The topological polar surface area (TPSA) is 41.1 Å². The van der Waals surface area contributed by atoms with Crippen molar-refractivity contribution in [2.45, 2.75) is 44.6 Å². The van der Waals surface area contributed by atoms with Crippen LogP contribution in [0.5, 0.6) is 0 Å². The van der Waals surface area contributed by atoms with Gasteiger partial charge in [-0.1, -0.05) is 38.1 Å². The highest BCUT2D eigenvalue weighted by molar-refractivity contribution is 5.85. The lowest BCUT2D eigenvalue weighted by Gasteiger charge is -2.11. The van der Waals surface area contributed by atoms with Crippen molar-refractivity contribution < 1.29 is 4.79 Å². The van der Waals surface area contributed by atoms with Crippen LogP contribution in [0.25, 0.3) is 0 Å². The summed E-state index contributed by atoms with van der Waals surface area (Å²) >= 11 is 0. The van der Waals surface area contributed by atoms with Crippen LogP contribution in [0, 0.1) is 5.92 Å². The first-order valence-corrected chi connectivity index (χ1v) is 7.76. The van der Waals surface area contributed by atoms with Crippen LogP contribution >= 0.6 is 12.4 Å². The molecule has 0 aromatic heterocycles. The van der Waals surface area contributed by atoms with Crippen molar-refractivity contribution in [2.75, 3.05) is 13.1 Å². The lowest BCUT2D eigenvalue weighted by atomic mass is 10.00. The zero-order chi connectivity index (χ0) is 14.1. The van der Waals surface area contributed by atoms with Crippen LogP contribution in [0.4, 0.5) is 0 Å². The fraction of sp³-hybridized carbons (Fsp3) is 0.588. The predicted octanol–water partition coefficient (Wildman–Crippen LogP) is 2.81. The molecule has 0 radical (unpaired) electrons. The minimum Gasteiger partial charge on any atom is -0.352 e. The SMILES string of the molecule is CC(C)c1ccc(C2CC2C(=O)NC2CCNC2)cc1.Cl. The van der Waals surface area contributed by atoms with E-state index in [1.807, 2.05) is 0 Å². The van der Waals surface area contributed by atoms with Crippen molar-refractivity contribution in [3.8, 4) is 0 Å². The third-order valence-electron chi connectivity index (χ3n) is 4.57. The Morgan fingerprint density at radius 3 is 2.57 bits per heavy atom. The first-order valence-electron chi connectivity index (χ1n) is 7.76. The molecule has 1 aromatic carbocycles. The number of rotatable bonds is 4. The maximum Gasteiger partial charge on any atom is 0.224 e. The molecule has 2 N–H and O–H groups in total. The van der Waals surface area contributed by atoms with E-state index in [4.69, 9.17) is 0 Å². The highest BCUT2D eigenvalue weighted by Gasteiger charge is 2.44. The van der Waals surface area contributed by atoms with Gasteiger partial charge in [0.2, 0.25) is 5.91 Å². The van der Waals surface area contributed by atoms with Gasteiger partial charge in [0, 0.05) is 18.5 Å². The second-order valence-corrected chi connectivity index (χ2v) is 6.47. The third-order valence-corrected chi connectivity index (χ3v) is 4.57. The number of hydrogen-bond acceptors (Lipinski definition) is 2. The maximum atomic E-state index is 12.2. The molecule has 1 saturated heterocycles. The van der Waals surface area contributed by atoms with Crippen molar-refractivity contribution in [1.82, 2.24) is 10.6 Å². The summed E-state index contributed by atoms with van der Waals surface area (Å²) in [6.45, 7) is 6.36. The molecule has 116 valence electrons. The fourth-order valence-corrected chi connectivity index (χ4v) is 3.07. The lowest BCUT2D eigenvalue weighted by molar-refractivity contribution is -0.123. The molecule has 1 saturated carbocycles. The normalized spacial score (nSPS) is 27.3. The second kappa shape index (κ2) is 6.80. The maximum absolute atomic E-state index is 12.2. The van der Waals surface area contributed by atoms with Crippen LogP contribution in [0.15, 0.2) is 24.3 Å². The van der Waals surface area contributed by atoms with Crippen molar-refractivity contribution in [3.05, 3.63) is 35.4 Å². The summed E-state index contributed by atoms with van der Waals surface area (Å²) in [5, 5.41) is 6.45. The number of benzene rings is 1. The Morgan fingerprint density at radius 2 is 2.00 bits per heavy atom. The molecule has 1 aromatic rings.